The monoisotopic (exact) mass is 270 g/mol. The minimum Gasteiger partial charge on any atom is -0.496 e. The van der Waals surface area contributed by atoms with Gasteiger partial charge in [-0.05, 0) is 37.6 Å². The molecule has 0 aliphatic carbocycles. The van der Waals surface area contributed by atoms with Gasteiger partial charge in [-0.3, -0.25) is 4.79 Å². The quantitative estimate of drug-likeness (QED) is 0.777. The van der Waals surface area contributed by atoms with Gasteiger partial charge in [-0.15, -0.1) is 0 Å². The van der Waals surface area contributed by atoms with Gasteiger partial charge in [0, 0.05) is 5.56 Å². The molecule has 0 spiro atoms. The Morgan fingerprint density at radius 3 is 2.65 bits per heavy atom. The van der Waals surface area contributed by atoms with Crippen LogP contribution < -0.4 is 9.47 Å². The molecule has 0 unspecified atom stereocenters. The van der Waals surface area contributed by atoms with Crippen LogP contribution in [-0.2, 0) is 6.61 Å². The van der Waals surface area contributed by atoms with Gasteiger partial charge < -0.3 is 9.47 Å². The molecule has 20 heavy (non-hydrogen) atoms. The fourth-order valence-electron chi connectivity index (χ4n) is 2.14. The highest BCUT2D eigenvalue weighted by Crippen LogP contribution is 2.26. The van der Waals surface area contributed by atoms with E-state index in [9.17, 15) is 4.79 Å². The second kappa shape index (κ2) is 6.24. The topological polar surface area (TPSA) is 35.5 Å². The van der Waals surface area contributed by atoms with Gasteiger partial charge in [0.05, 0.1) is 12.7 Å². The predicted molar refractivity (Wildman–Crippen MR) is 78.6 cm³/mol. The summed E-state index contributed by atoms with van der Waals surface area (Å²) in [4.78, 5) is 11.1. The smallest absolute Gasteiger partial charge is 0.153 e. The number of para-hydroxylation sites is 1. The largest absolute Gasteiger partial charge is 0.496 e. The van der Waals surface area contributed by atoms with E-state index in [1.165, 1.54) is 0 Å². The first-order valence-corrected chi connectivity index (χ1v) is 6.47. The van der Waals surface area contributed by atoms with Crippen LogP contribution in [0.15, 0.2) is 36.4 Å². The molecule has 3 heteroatoms. The lowest BCUT2D eigenvalue weighted by Gasteiger charge is -2.14. The molecule has 104 valence electrons. The number of benzene rings is 2. The minimum absolute atomic E-state index is 0.372. The Hall–Kier alpha value is -2.29. The van der Waals surface area contributed by atoms with Crippen molar-refractivity contribution in [3.63, 3.8) is 0 Å². The number of carbonyl (C=O) groups excluding carboxylic acids is 1. The van der Waals surface area contributed by atoms with Crippen molar-refractivity contribution in [1.82, 2.24) is 0 Å². The second-order valence-corrected chi connectivity index (χ2v) is 4.72. The third-order valence-corrected chi connectivity index (χ3v) is 3.18. The van der Waals surface area contributed by atoms with Gasteiger partial charge in [-0.1, -0.05) is 23.8 Å². The van der Waals surface area contributed by atoms with Crippen molar-refractivity contribution in [3.8, 4) is 11.5 Å². The summed E-state index contributed by atoms with van der Waals surface area (Å²) in [5.74, 6) is 1.42. The van der Waals surface area contributed by atoms with Gasteiger partial charge in [-0.25, -0.2) is 0 Å². The lowest BCUT2D eigenvalue weighted by molar-refractivity contribution is 0.111. The van der Waals surface area contributed by atoms with Crippen molar-refractivity contribution in [3.05, 3.63) is 58.7 Å². The first-order chi connectivity index (χ1) is 9.65. The summed E-state index contributed by atoms with van der Waals surface area (Å²) in [7, 11) is 1.64. The van der Waals surface area contributed by atoms with Gasteiger partial charge in [0.1, 0.15) is 18.1 Å². The van der Waals surface area contributed by atoms with Crippen molar-refractivity contribution in [2.45, 2.75) is 20.5 Å². The van der Waals surface area contributed by atoms with Crippen LogP contribution in [0.25, 0.3) is 0 Å². The molecule has 0 radical (unpaired) electrons. The molecule has 0 fully saturated rings. The Labute approximate surface area is 119 Å². The standard InChI is InChI=1S/C17H18O3/c1-12-7-8-16(19-3)15(9-12)11-20-17-13(2)5-4-6-14(17)10-18/h4-10H,11H2,1-3H3. The normalized spacial score (nSPS) is 10.2. The number of hydrogen-bond acceptors (Lipinski definition) is 3. The highest BCUT2D eigenvalue weighted by Gasteiger charge is 2.09. The Kier molecular flexibility index (Phi) is 4.41. The average Bonchev–Trinajstić information content (AvgIpc) is 2.46. The van der Waals surface area contributed by atoms with Crippen molar-refractivity contribution in [2.75, 3.05) is 7.11 Å². The first-order valence-electron chi connectivity index (χ1n) is 6.47. The van der Waals surface area contributed by atoms with Crippen molar-refractivity contribution < 1.29 is 14.3 Å². The minimum atomic E-state index is 0.372. The molecule has 0 aromatic heterocycles. The van der Waals surface area contributed by atoms with Crippen LogP contribution in [0.4, 0.5) is 0 Å². The van der Waals surface area contributed by atoms with Gasteiger partial charge in [-0.2, -0.15) is 0 Å². The molecule has 2 rings (SSSR count). The number of aryl methyl sites for hydroxylation is 2. The number of methoxy groups -OCH3 is 1. The molecule has 0 bridgehead atoms. The van der Waals surface area contributed by atoms with E-state index in [-0.39, 0.29) is 0 Å². The van der Waals surface area contributed by atoms with Crippen LogP contribution in [0.3, 0.4) is 0 Å². The molecule has 0 heterocycles. The van der Waals surface area contributed by atoms with Crippen LogP contribution in [0, 0.1) is 13.8 Å². The van der Waals surface area contributed by atoms with Gasteiger partial charge in [0.25, 0.3) is 0 Å². The van der Waals surface area contributed by atoms with Crippen LogP contribution >= 0.6 is 0 Å². The number of rotatable bonds is 5. The van der Waals surface area contributed by atoms with E-state index in [0.717, 1.165) is 28.7 Å². The van der Waals surface area contributed by atoms with Crippen LogP contribution in [0.5, 0.6) is 11.5 Å². The predicted octanol–water partition coefficient (Wildman–Crippen LogP) is 3.70. The zero-order chi connectivity index (χ0) is 14.5. The molecule has 0 N–H and O–H groups in total. The molecule has 0 aliphatic heterocycles. The van der Waals surface area contributed by atoms with E-state index in [1.807, 2.05) is 44.2 Å². The summed E-state index contributed by atoms with van der Waals surface area (Å²) in [6.07, 6.45) is 0.815. The van der Waals surface area contributed by atoms with E-state index in [0.29, 0.717) is 17.9 Å². The fraction of sp³-hybridized carbons (Fsp3) is 0.235. The number of carbonyl (C=O) groups is 1. The van der Waals surface area contributed by atoms with E-state index < -0.39 is 0 Å². The maximum atomic E-state index is 11.1. The first kappa shape index (κ1) is 14.1. The lowest BCUT2D eigenvalue weighted by atomic mass is 10.1. The third kappa shape index (κ3) is 2.99. The molecule has 0 saturated heterocycles. The van der Waals surface area contributed by atoms with Crippen LogP contribution in [-0.4, -0.2) is 13.4 Å². The second-order valence-electron chi connectivity index (χ2n) is 4.72. The maximum absolute atomic E-state index is 11.1. The maximum Gasteiger partial charge on any atom is 0.153 e. The van der Waals surface area contributed by atoms with Crippen LogP contribution in [0.1, 0.15) is 27.0 Å². The van der Waals surface area contributed by atoms with Gasteiger partial charge in [0.2, 0.25) is 0 Å². The molecular weight excluding hydrogens is 252 g/mol. The molecule has 0 saturated carbocycles. The Bertz CT molecular complexity index is 618. The molecule has 0 amide bonds. The molecule has 0 atom stereocenters. The van der Waals surface area contributed by atoms with Crippen molar-refractivity contribution in [1.29, 1.82) is 0 Å². The van der Waals surface area contributed by atoms with Gasteiger partial charge in [0.15, 0.2) is 6.29 Å². The van der Waals surface area contributed by atoms with E-state index in [4.69, 9.17) is 9.47 Å². The zero-order valence-corrected chi connectivity index (χ0v) is 12.0. The van der Waals surface area contributed by atoms with Gasteiger partial charge >= 0.3 is 0 Å². The molecule has 2 aromatic carbocycles. The summed E-state index contributed by atoms with van der Waals surface area (Å²) in [6.45, 7) is 4.32. The van der Waals surface area contributed by atoms with E-state index >= 15 is 0 Å². The summed E-state index contributed by atoms with van der Waals surface area (Å²) >= 11 is 0. The molecular formula is C17H18O3. The zero-order valence-electron chi connectivity index (χ0n) is 12.0. The number of hydrogen-bond donors (Lipinski definition) is 0. The summed E-state index contributed by atoms with van der Waals surface area (Å²) in [6, 6.07) is 11.5. The number of ether oxygens (including phenoxy) is 2. The number of aldehydes is 1. The highest BCUT2D eigenvalue weighted by atomic mass is 16.5. The molecule has 2 aromatic rings. The van der Waals surface area contributed by atoms with E-state index in [1.54, 1.807) is 13.2 Å². The third-order valence-electron chi connectivity index (χ3n) is 3.18. The van der Waals surface area contributed by atoms with Crippen molar-refractivity contribution >= 4 is 6.29 Å². The van der Waals surface area contributed by atoms with E-state index in [2.05, 4.69) is 0 Å². The fourth-order valence-corrected chi connectivity index (χ4v) is 2.14. The summed E-state index contributed by atoms with van der Waals surface area (Å²) < 4.78 is 11.2. The highest BCUT2D eigenvalue weighted by molar-refractivity contribution is 5.80. The average molecular weight is 270 g/mol. The molecule has 0 aliphatic rings. The summed E-state index contributed by atoms with van der Waals surface area (Å²) in [5.41, 5.74) is 3.62. The summed E-state index contributed by atoms with van der Waals surface area (Å²) in [5, 5.41) is 0. The SMILES string of the molecule is COc1ccc(C)cc1COc1c(C)cccc1C=O. The Morgan fingerprint density at radius 2 is 1.95 bits per heavy atom. The Morgan fingerprint density at radius 1 is 1.15 bits per heavy atom. The van der Waals surface area contributed by atoms with Crippen LogP contribution in [0.2, 0.25) is 0 Å². The lowest BCUT2D eigenvalue weighted by Crippen LogP contribution is -2.02. The van der Waals surface area contributed by atoms with Crippen molar-refractivity contribution in [2.24, 2.45) is 0 Å². The Balaban J connectivity index is 2.25. The molecule has 3 nitrogen and oxygen atoms in total.